The number of aromatic nitrogens is 3. The molecule has 0 radical (unpaired) electrons. The Morgan fingerprint density at radius 1 is 1.10 bits per heavy atom. The Morgan fingerprint density at radius 2 is 1.77 bits per heavy atom. The second kappa shape index (κ2) is 11.0. The molecule has 0 aliphatic carbocycles. The van der Waals surface area contributed by atoms with Crippen molar-refractivity contribution in [3.05, 3.63) is 64.6 Å². The minimum absolute atomic E-state index is 0.174. The van der Waals surface area contributed by atoms with Crippen molar-refractivity contribution in [1.29, 1.82) is 0 Å². The molecule has 2 aromatic heterocycles. The first-order valence-corrected chi connectivity index (χ1v) is 13.8. The van der Waals surface area contributed by atoms with E-state index < -0.39 is 17.3 Å². The minimum Gasteiger partial charge on any atom is -0.481 e. The molecule has 2 aromatic carbocycles. The van der Waals surface area contributed by atoms with Crippen LogP contribution in [0.15, 0.2) is 54.6 Å². The van der Waals surface area contributed by atoms with Crippen LogP contribution >= 0.6 is 23.2 Å². The molecule has 1 aliphatic heterocycles. The number of carboxylic acids is 1. The summed E-state index contributed by atoms with van der Waals surface area (Å²) in [5.41, 5.74) is 8.29. The Balaban J connectivity index is 1.74. The quantitative estimate of drug-likeness (QED) is 0.287. The van der Waals surface area contributed by atoms with E-state index in [9.17, 15) is 14.7 Å². The molecule has 0 atom stereocenters. The van der Waals surface area contributed by atoms with Crippen LogP contribution in [0, 0.1) is 5.41 Å². The Kier molecular flexibility index (Phi) is 7.61. The lowest BCUT2D eigenvalue weighted by Gasteiger charge is -2.37. The smallest absolute Gasteiger partial charge is 0.309 e. The summed E-state index contributed by atoms with van der Waals surface area (Å²) in [4.78, 5) is 32.5. The molecule has 1 aliphatic rings. The highest BCUT2D eigenvalue weighted by molar-refractivity contribution is 6.33. The highest BCUT2D eigenvalue weighted by Crippen LogP contribution is 2.41. The Hall–Kier alpha value is -3.82. The maximum Gasteiger partial charge on any atom is 0.309 e. The first kappa shape index (κ1) is 27.7. The summed E-state index contributed by atoms with van der Waals surface area (Å²) in [5.74, 6) is 0.219. The van der Waals surface area contributed by atoms with Gasteiger partial charge >= 0.3 is 5.97 Å². The molecule has 1 fully saturated rings. The lowest BCUT2D eigenvalue weighted by Crippen LogP contribution is -2.43. The molecule has 208 valence electrons. The third-order valence-electron chi connectivity index (χ3n) is 7.61. The summed E-state index contributed by atoms with van der Waals surface area (Å²) in [7, 11) is 1.86. The van der Waals surface area contributed by atoms with Crippen molar-refractivity contribution in [2.24, 2.45) is 11.1 Å². The van der Waals surface area contributed by atoms with Gasteiger partial charge in [-0.05, 0) is 43.5 Å². The van der Waals surface area contributed by atoms with Crippen LogP contribution in [0.1, 0.15) is 26.2 Å². The van der Waals surface area contributed by atoms with E-state index in [-0.39, 0.29) is 6.42 Å². The Labute approximate surface area is 242 Å². The van der Waals surface area contributed by atoms with Gasteiger partial charge in [0.2, 0.25) is 5.91 Å². The van der Waals surface area contributed by atoms with Gasteiger partial charge in [0.25, 0.3) is 0 Å². The van der Waals surface area contributed by atoms with Crippen LogP contribution in [0.5, 0.6) is 0 Å². The average Bonchev–Trinajstić information content (AvgIpc) is 3.31. The summed E-state index contributed by atoms with van der Waals surface area (Å²) in [6, 6.07) is 16.9. The highest BCUT2D eigenvalue weighted by Gasteiger charge is 2.38. The topological polar surface area (TPSA) is 117 Å². The van der Waals surface area contributed by atoms with E-state index in [2.05, 4.69) is 4.90 Å². The molecule has 1 saturated heterocycles. The van der Waals surface area contributed by atoms with Crippen LogP contribution in [0.3, 0.4) is 0 Å². The second-order valence-corrected chi connectivity index (χ2v) is 11.3. The van der Waals surface area contributed by atoms with Crippen molar-refractivity contribution >= 4 is 52.4 Å². The average molecular weight is 582 g/mol. The fourth-order valence-electron chi connectivity index (χ4n) is 4.97. The molecule has 0 bridgehead atoms. The lowest BCUT2D eigenvalue weighted by molar-refractivity contribution is -0.149. The number of carboxylic acid groups (broad SMARTS) is 1. The van der Waals surface area contributed by atoms with Crippen molar-refractivity contribution < 1.29 is 14.7 Å². The van der Waals surface area contributed by atoms with Crippen LogP contribution in [-0.4, -0.2) is 58.3 Å². The van der Waals surface area contributed by atoms with E-state index in [0.29, 0.717) is 59.7 Å². The van der Waals surface area contributed by atoms with E-state index >= 15 is 0 Å². The maximum atomic E-state index is 11.9. The van der Waals surface area contributed by atoms with Gasteiger partial charge in [0.1, 0.15) is 17.3 Å². The zero-order valence-corrected chi connectivity index (χ0v) is 23.8. The molecule has 40 heavy (non-hydrogen) atoms. The van der Waals surface area contributed by atoms with E-state index in [1.54, 1.807) is 11.4 Å². The number of anilines is 2. The molecular formula is C29H30Cl2N6O3. The SMILES string of the molecule is CN(CCC(N)=O)c1cc(N2CCC(C)(C(=O)O)CC2)n2nc(-c3ccccc3Cl)c(-c3ccc(Cl)cc3)c2n1. The molecule has 5 rings (SSSR count). The predicted octanol–water partition coefficient (Wildman–Crippen LogP) is 5.37. The van der Waals surface area contributed by atoms with Crippen molar-refractivity contribution in [2.45, 2.75) is 26.2 Å². The summed E-state index contributed by atoms with van der Waals surface area (Å²) in [6.07, 6.45) is 1.15. The molecular weight excluding hydrogens is 551 g/mol. The zero-order chi connectivity index (χ0) is 28.6. The number of primary amides is 1. The molecule has 4 aromatic rings. The summed E-state index contributed by atoms with van der Waals surface area (Å²) in [5, 5.41) is 16.0. The number of aliphatic carboxylic acids is 1. The van der Waals surface area contributed by atoms with Crippen LogP contribution in [0.2, 0.25) is 10.0 Å². The van der Waals surface area contributed by atoms with Gasteiger partial charge in [-0.25, -0.2) is 4.98 Å². The van der Waals surface area contributed by atoms with Gasteiger partial charge in [-0.3, -0.25) is 9.59 Å². The second-order valence-electron chi connectivity index (χ2n) is 10.4. The van der Waals surface area contributed by atoms with Gasteiger partial charge in [0, 0.05) is 49.8 Å². The molecule has 3 heterocycles. The molecule has 11 heteroatoms. The number of benzene rings is 2. The third kappa shape index (κ3) is 5.31. The predicted molar refractivity (Wildman–Crippen MR) is 158 cm³/mol. The van der Waals surface area contributed by atoms with Gasteiger partial charge in [0.05, 0.1) is 16.0 Å². The standard InChI is InChI=1S/C29H30Cl2N6O3/c1-29(28(39)40)12-15-36(16-13-29)24-17-23(35(2)14-11-22(32)38)33-27-25(18-7-9-19(30)10-8-18)26(34-37(24)27)20-5-3-4-6-21(20)31/h3-10,17H,11-16H2,1-2H3,(H2,32,38)(H,39,40). The Bertz CT molecular complexity index is 1580. The molecule has 3 N–H and O–H groups in total. The fraction of sp³-hybridized carbons (Fsp3) is 0.310. The maximum absolute atomic E-state index is 11.9. The molecule has 9 nitrogen and oxygen atoms in total. The largest absolute Gasteiger partial charge is 0.481 e. The van der Waals surface area contributed by atoms with Crippen LogP contribution in [0.4, 0.5) is 11.6 Å². The number of piperidine rings is 1. The third-order valence-corrected chi connectivity index (χ3v) is 8.19. The first-order chi connectivity index (χ1) is 19.1. The number of carbonyl (C=O) groups is 2. The first-order valence-electron chi connectivity index (χ1n) is 13.0. The van der Waals surface area contributed by atoms with Crippen LogP contribution in [0.25, 0.3) is 28.0 Å². The van der Waals surface area contributed by atoms with Gasteiger partial charge in [-0.15, -0.1) is 0 Å². The van der Waals surface area contributed by atoms with Gasteiger partial charge < -0.3 is 20.6 Å². The van der Waals surface area contributed by atoms with E-state index in [1.807, 2.05) is 66.5 Å². The van der Waals surface area contributed by atoms with E-state index in [4.69, 9.17) is 39.0 Å². The number of fused-ring (bicyclic) bond motifs is 1. The molecule has 1 amide bonds. The van der Waals surface area contributed by atoms with Gasteiger partial charge in [-0.2, -0.15) is 9.61 Å². The molecule has 0 unspecified atom stereocenters. The van der Waals surface area contributed by atoms with Crippen LogP contribution < -0.4 is 15.5 Å². The van der Waals surface area contributed by atoms with Crippen molar-refractivity contribution in [3.8, 4) is 22.4 Å². The number of carbonyl (C=O) groups excluding carboxylic acids is 1. The summed E-state index contributed by atoms with van der Waals surface area (Å²) >= 11 is 12.9. The molecule has 0 spiro atoms. The summed E-state index contributed by atoms with van der Waals surface area (Å²) in [6.45, 7) is 3.24. The number of halogens is 2. The van der Waals surface area contributed by atoms with Crippen LogP contribution in [-0.2, 0) is 9.59 Å². The van der Waals surface area contributed by atoms with E-state index in [0.717, 1.165) is 22.5 Å². The normalized spacial score (nSPS) is 14.8. The molecule has 0 saturated carbocycles. The van der Waals surface area contributed by atoms with Crippen molar-refractivity contribution in [2.75, 3.05) is 36.5 Å². The Morgan fingerprint density at radius 3 is 2.40 bits per heavy atom. The monoisotopic (exact) mass is 580 g/mol. The number of rotatable bonds is 8. The van der Waals surface area contributed by atoms with Gasteiger partial charge in [-0.1, -0.05) is 53.5 Å². The number of nitrogens with zero attached hydrogens (tertiary/aromatic N) is 5. The van der Waals surface area contributed by atoms with E-state index in [1.165, 1.54) is 0 Å². The highest BCUT2D eigenvalue weighted by atomic mass is 35.5. The number of hydrogen-bond acceptors (Lipinski definition) is 6. The summed E-state index contributed by atoms with van der Waals surface area (Å²) < 4.78 is 1.80. The fourth-order valence-corrected chi connectivity index (χ4v) is 5.32. The number of nitrogens with two attached hydrogens (primary N) is 1. The number of hydrogen-bond donors (Lipinski definition) is 2. The van der Waals surface area contributed by atoms with Crippen molar-refractivity contribution in [3.63, 3.8) is 0 Å². The van der Waals surface area contributed by atoms with Gasteiger partial charge in [0.15, 0.2) is 5.65 Å². The number of amides is 1. The minimum atomic E-state index is -0.788. The zero-order valence-electron chi connectivity index (χ0n) is 22.3. The lowest BCUT2D eigenvalue weighted by atomic mass is 9.80. The van der Waals surface area contributed by atoms with Crippen molar-refractivity contribution in [1.82, 2.24) is 14.6 Å².